The highest BCUT2D eigenvalue weighted by molar-refractivity contribution is 9.10. The fourth-order valence-corrected chi connectivity index (χ4v) is 1.75. The van der Waals surface area contributed by atoms with Crippen LogP contribution < -0.4 is 0 Å². The van der Waals surface area contributed by atoms with Crippen LogP contribution in [0.25, 0.3) is 0 Å². The standard InChI is InChI=1S/C9H9BrClFO/c1-2-7(13)5-3-4-6(10)9(12)8(5)11/h3-4,7,13H,2H2,1H3. The van der Waals surface area contributed by atoms with E-state index in [-0.39, 0.29) is 5.02 Å². The summed E-state index contributed by atoms with van der Waals surface area (Å²) in [6, 6.07) is 3.15. The molecule has 0 bridgehead atoms. The van der Waals surface area contributed by atoms with Crippen LogP contribution in [-0.2, 0) is 0 Å². The summed E-state index contributed by atoms with van der Waals surface area (Å²) in [5, 5.41) is 9.45. The zero-order valence-electron chi connectivity index (χ0n) is 7.02. The zero-order chi connectivity index (χ0) is 10.0. The molecular weight excluding hydrogens is 258 g/mol. The minimum Gasteiger partial charge on any atom is -0.388 e. The lowest BCUT2D eigenvalue weighted by Crippen LogP contribution is -1.98. The van der Waals surface area contributed by atoms with Crippen LogP contribution in [0.4, 0.5) is 4.39 Å². The molecular formula is C9H9BrClFO. The summed E-state index contributed by atoms with van der Waals surface area (Å²) in [6.45, 7) is 1.81. The molecule has 1 nitrogen and oxygen atoms in total. The summed E-state index contributed by atoms with van der Waals surface area (Å²) in [5.41, 5.74) is 0.435. The molecule has 0 aliphatic carbocycles. The second kappa shape index (κ2) is 4.40. The van der Waals surface area contributed by atoms with E-state index >= 15 is 0 Å². The average Bonchev–Trinajstić information content (AvgIpc) is 2.13. The van der Waals surface area contributed by atoms with Gasteiger partial charge in [-0.1, -0.05) is 24.6 Å². The van der Waals surface area contributed by atoms with E-state index in [1.165, 1.54) is 6.07 Å². The van der Waals surface area contributed by atoms with Crippen LogP contribution in [0.15, 0.2) is 16.6 Å². The first kappa shape index (κ1) is 11.0. The number of aliphatic hydroxyl groups is 1. The van der Waals surface area contributed by atoms with Crippen molar-refractivity contribution in [1.82, 2.24) is 0 Å². The Kier molecular flexibility index (Phi) is 3.71. The van der Waals surface area contributed by atoms with Gasteiger partial charge in [0.2, 0.25) is 0 Å². The molecule has 0 radical (unpaired) electrons. The first-order chi connectivity index (χ1) is 6.07. The maximum atomic E-state index is 13.2. The third kappa shape index (κ3) is 2.22. The van der Waals surface area contributed by atoms with E-state index in [1.807, 2.05) is 0 Å². The molecule has 1 rings (SSSR count). The van der Waals surface area contributed by atoms with Gasteiger partial charge in [0, 0.05) is 5.56 Å². The lowest BCUT2D eigenvalue weighted by molar-refractivity contribution is 0.173. The molecule has 72 valence electrons. The number of hydrogen-bond acceptors (Lipinski definition) is 1. The van der Waals surface area contributed by atoms with Gasteiger partial charge in [0.05, 0.1) is 15.6 Å². The maximum Gasteiger partial charge on any atom is 0.156 e. The average molecular weight is 268 g/mol. The van der Waals surface area contributed by atoms with Crippen LogP contribution in [0.2, 0.25) is 5.02 Å². The van der Waals surface area contributed by atoms with Crippen molar-refractivity contribution in [3.05, 3.63) is 33.0 Å². The Balaban J connectivity index is 3.18. The Morgan fingerprint density at radius 1 is 1.62 bits per heavy atom. The highest BCUT2D eigenvalue weighted by Crippen LogP contribution is 2.31. The van der Waals surface area contributed by atoms with Gasteiger partial charge in [0.25, 0.3) is 0 Å². The van der Waals surface area contributed by atoms with Gasteiger partial charge in [-0.05, 0) is 28.4 Å². The van der Waals surface area contributed by atoms with Crippen LogP contribution in [0.3, 0.4) is 0 Å². The minimum atomic E-state index is -0.699. The van der Waals surface area contributed by atoms with Gasteiger partial charge in [0.1, 0.15) is 0 Å². The van der Waals surface area contributed by atoms with Crippen molar-refractivity contribution < 1.29 is 9.50 Å². The Bertz CT molecular complexity index is 317. The fraction of sp³-hybridized carbons (Fsp3) is 0.333. The van der Waals surface area contributed by atoms with Gasteiger partial charge >= 0.3 is 0 Å². The lowest BCUT2D eigenvalue weighted by Gasteiger charge is -2.11. The summed E-state index contributed by atoms with van der Waals surface area (Å²) in [4.78, 5) is 0. The molecule has 1 atom stereocenters. The normalized spacial score (nSPS) is 13.0. The van der Waals surface area contributed by atoms with Crippen LogP contribution >= 0.6 is 27.5 Å². The fourth-order valence-electron chi connectivity index (χ4n) is 1.02. The van der Waals surface area contributed by atoms with Crippen LogP contribution in [0.1, 0.15) is 25.0 Å². The third-order valence-corrected chi connectivity index (χ3v) is 2.81. The van der Waals surface area contributed by atoms with Gasteiger partial charge in [-0.15, -0.1) is 0 Å². The Morgan fingerprint density at radius 2 is 2.23 bits per heavy atom. The van der Waals surface area contributed by atoms with Gasteiger partial charge < -0.3 is 5.11 Å². The molecule has 0 aromatic heterocycles. The van der Waals surface area contributed by atoms with Gasteiger partial charge in [-0.2, -0.15) is 0 Å². The topological polar surface area (TPSA) is 20.2 Å². The van der Waals surface area contributed by atoms with Crippen LogP contribution in [-0.4, -0.2) is 5.11 Å². The van der Waals surface area contributed by atoms with E-state index in [0.29, 0.717) is 16.5 Å². The summed E-state index contributed by atoms with van der Waals surface area (Å²) in [5.74, 6) is -0.522. The van der Waals surface area contributed by atoms with E-state index in [2.05, 4.69) is 15.9 Å². The highest BCUT2D eigenvalue weighted by Gasteiger charge is 2.14. The van der Waals surface area contributed by atoms with Crippen molar-refractivity contribution in [3.63, 3.8) is 0 Å². The predicted octanol–water partition coefficient (Wildman–Crippen LogP) is 3.69. The van der Waals surface area contributed by atoms with E-state index in [1.54, 1.807) is 13.0 Å². The molecule has 1 N–H and O–H groups in total. The van der Waals surface area contributed by atoms with E-state index < -0.39 is 11.9 Å². The molecule has 0 spiro atoms. The first-order valence-electron chi connectivity index (χ1n) is 3.89. The van der Waals surface area contributed by atoms with Crippen molar-refractivity contribution in [1.29, 1.82) is 0 Å². The van der Waals surface area contributed by atoms with Crippen molar-refractivity contribution in [2.75, 3.05) is 0 Å². The molecule has 0 saturated carbocycles. The number of rotatable bonds is 2. The number of halogens is 3. The first-order valence-corrected chi connectivity index (χ1v) is 5.06. The van der Waals surface area contributed by atoms with E-state index in [0.717, 1.165) is 0 Å². The van der Waals surface area contributed by atoms with E-state index in [9.17, 15) is 9.50 Å². The van der Waals surface area contributed by atoms with Crippen molar-refractivity contribution in [2.24, 2.45) is 0 Å². The highest BCUT2D eigenvalue weighted by atomic mass is 79.9. The molecule has 0 saturated heterocycles. The SMILES string of the molecule is CCC(O)c1ccc(Br)c(F)c1Cl. The van der Waals surface area contributed by atoms with Gasteiger partial charge in [-0.3, -0.25) is 0 Å². The predicted molar refractivity (Wildman–Crippen MR) is 54.4 cm³/mol. The maximum absolute atomic E-state index is 13.2. The van der Waals surface area contributed by atoms with Crippen molar-refractivity contribution in [2.45, 2.75) is 19.4 Å². The zero-order valence-corrected chi connectivity index (χ0v) is 9.36. The molecule has 1 aromatic carbocycles. The van der Waals surface area contributed by atoms with Crippen LogP contribution in [0.5, 0.6) is 0 Å². The Labute approximate surface area is 89.7 Å². The number of benzene rings is 1. The monoisotopic (exact) mass is 266 g/mol. The third-order valence-electron chi connectivity index (χ3n) is 1.81. The Morgan fingerprint density at radius 3 is 2.77 bits per heavy atom. The van der Waals surface area contributed by atoms with Crippen molar-refractivity contribution in [3.8, 4) is 0 Å². The quantitative estimate of drug-likeness (QED) is 0.810. The molecule has 0 heterocycles. The number of hydrogen-bond donors (Lipinski definition) is 1. The van der Waals surface area contributed by atoms with Crippen molar-refractivity contribution >= 4 is 27.5 Å². The lowest BCUT2D eigenvalue weighted by atomic mass is 10.1. The molecule has 1 unspecified atom stereocenters. The molecule has 0 fully saturated rings. The summed E-state index contributed by atoms with van der Waals surface area (Å²) >= 11 is 8.72. The molecule has 0 aliphatic rings. The molecule has 0 aliphatic heterocycles. The molecule has 13 heavy (non-hydrogen) atoms. The largest absolute Gasteiger partial charge is 0.388 e. The van der Waals surface area contributed by atoms with Gasteiger partial charge in [-0.25, -0.2) is 4.39 Å². The Hall–Kier alpha value is -0.120. The van der Waals surface area contributed by atoms with Gasteiger partial charge in [0.15, 0.2) is 5.82 Å². The molecule has 4 heteroatoms. The minimum absolute atomic E-state index is 0.0104. The van der Waals surface area contributed by atoms with E-state index in [4.69, 9.17) is 11.6 Å². The summed E-state index contributed by atoms with van der Waals surface area (Å²) in [7, 11) is 0. The number of aliphatic hydroxyl groups excluding tert-OH is 1. The summed E-state index contributed by atoms with van der Waals surface area (Å²) < 4.78 is 13.5. The summed E-state index contributed by atoms with van der Waals surface area (Å²) in [6.07, 6.45) is -0.184. The second-order valence-electron chi connectivity index (χ2n) is 2.69. The smallest absolute Gasteiger partial charge is 0.156 e. The molecule has 0 amide bonds. The van der Waals surface area contributed by atoms with Crippen LogP contribution in [0, 0.1) is 5.82 Å². The molecule has 1 aromatic rings. The second-order valence-corrected chi connectivity index (χ2v) is 3.92.